The zero-order valence-electron chi connectivity index (χ0n) is 21.2. The average Bonchev–Trinajstić information content (AvgIpc) is 2.96. The van der Waals surface area contributed by atoms with E-state index in [4.69, 9.17) is 0 Å². The maximum Gasteiger partial charge on any atom is 0.160 e. The lowest BCUT2D eigenvalue weighted by molar-refractivity contribution is 0.600. The Morgan fingerprint density at radius 3 is 1.00 bits per heavy atom. The van der Waals surface area contributed by atoms with Crippen LogP contribution in [0.25, 0.3) is 54.9 Å². The number of benzene rings is 6. The highest BCUT2D eigenvalue weighted by molar-refractivity contribution is 7.91. The highest BCUT2D eigenvalue weighted by atomic mass is 32.2. The lowest BCUT2D eigenvalue weighted by atomic mass is 9.96. The molecule has 0 aliphatic heterocycles. The Morgan fingerprint density at radius 2 is 0.684 bits per heavy atom. The third-order valence-electron chi connectivity index (χ3n) is 7.04. The Morgan fingerprint density at radius 1 is 0.395 bits per heavy atom. The van der Waals surface area contributed by atoms with E-state index in [0.717, 1.165) is 64.7 Å². The number of hydrogen-bond donors (Lipinski definition) is 0. The van der Waals surface area contributed by atoms with Crippen LogP contribution >= 0.6 is 0 Å². The number of hydrogen-bond acceptors (Lipinski definition) is 2. The van der Waals surface area contributed by atoms with Crippen LogP contribution in [0.5, 0.6) is 0 Å². The average molecular weight is 531 g/mol. The van der Waals surface area contributed by atoms with Crippen LogP contribution in [0.3, 0.4) is 0 Å². The molecule has 2 nitrogen and oxygen atoms in total. The molecule has 0 radical (unpaired) electrons. The fourth-order valence-corrected chi connectivity index (χ4v) is 6.61. The maximum atomic E-state index is 12.6. The highest BCUT2D eigenvalue weighted by Gasteiger charge is 2.17. The molecule has 6 aromatic carbocycles. The van der Waals surface area contributed by atoms with Gasteiger partial charge in [-0.3, -0.25) is 0 Å². The first kappa shape index (κ1) is 24.8. The predicted octanol–water partition coefficient (Wildman–Crippen LogP) is 8.47. The summed E-state index contributed by atoms with van der Waals surface area (Å²) >= 11 is -2.19. The lowest BCUT2D eigenvalue weighted by Crippen LogP contribution is -2.00. The van der Waals surface area contributed by atoms with E-state index in [9.17, 15) is 9.11 Å². The molecule has 0 amide bonds. The molecule has 0 saturated carbocycles. The smallest absolute Gasteiger partial charge is 0.160 e. The van der Waals surface area contributed by atoms with Gasteiger partial charge in [-0.1, -0.05) is 97.1 Å². The quantitative estimate of drug-likeness (QED) is 0.210. The van der Waals surface area contributed by atoms with Crippen molar-refractivity contribution in [1.82, 2.24) is 0 Å². The highest BCUT2D eigenvalue weighted by Crippen LogP contribution is 2.35. The van der Waals surface area contributed by atoms with Crippen molar-refractivity contribution in [1.29, 1.82) is 0 Å². The second kappa shape index (κ2) is 10.3. The van der Waals surface area contributed by atoms with E-state index < -0.39 is 22.4 Å². The van der Waals surface area contributed by atoms with Crippen LogP contribution in [-0.4, -0.2) is 21.6 Å². The van der Waals surface area contributed by atoms with Crippen molar-refractivity contribution in [2.45, 2.75) is 9.79 Å². The van der Waals surface area contributed by atoms with Gasteiger partial charge in [0.15, 0.2) is 9.79 Å². The molecule has 0 aliphatic rings. The number of fused-ring (bicyclic) bond motifs is 2. The molecule has 0 bridgehead atoms. The van der Waals surface area contributed by atoms with E-state index in [1.165, 1.54) is 0 Å². The van der Waals surface area contributed by atoms with Gasteiger partial charge in [-0.05, 0) is 78.3 Å². The fourth-order valence-electron chi connectivity index (χ4n) is 5.05. The molecular formula is C34H26O2S2. The predicted molar refractivity (Wildman–Crippen MR) is 162 cm³/mol. The van der Waals surface area contributed by atoms with Crippen molar-refractivity contribution < 1.29 is 9.11 Å². The minimum Gasteiger partial charge on any atom is -0.612 e. The van der Waals surface area contributed by atoms with Gasteiger partial charge in [0.25, 0.3) is 0 Å². The van der Waals surface area contributed by atoms with Crippen molar-refractivity contribution in [3.05, 3.63) is 121 Å². The summed E-state index contributed by atoms with van der Waals surface area (Å²) in [5, 5.41) is 4.47. The summed E-state index contributed by atoms with van der Waals surface area (Å²) in [6.07, 6.45) is 3.47. The van der Waals surface area contributed by atoms with Crippen LogP contribution in [0.4, 0.5) is 0 Å². The van der Waals surface area contributed by atoms with Gasteiger partial charge in [0.1, 0.15) is 12.5 Å². The molecular weight excluding hydrogens is 505 g/mol. The van der Waals surface area contributed by atoms with E-state index in [2.05, 4.69) is 84.9 Å². The SMILES string of the molecule is C[S+]([O-])c1cc2ccccc2cc1-c1ccc(-c2ccc(-c3cc4ccccc4cc3[S+](C)[O-])cc2)cc1. The van der Waals surface area contributed by atoms with Crippen LogP contribution in [0, 0.1) is 0 Å². The maximum absolute atomic E-state index is 12.6. The summed E-state index contributed by atoms with van der Waals surface area (Å²) in [5.41, 5.74) is 6.32. The topological polar surface area (TPSA) is 46.1 Å². The minimum absolute atomic E-state index is 0.848. The summed E-state index contributed by atoms with van der Waals surface area (Å²) in [7, 11) is 0. The summed E-state index contributed by atoms with van der Waals surface area (Å²) in [6.45, 7) is 0. The van der Waals surface area contributed by atoms with Crippen molar-refractivity contribution in [3.8, 4) is 33.4 Å². The Bertz CT molecular complexity index is 1620. The van der Waals surface area contributed by atoms with E-state index in [1.54, 1.807) is 12.5 Å². The Hall–Kier alpha value is -3.54. The van der Waals surface area contributed by atoms with Gasteiger partial charge in [0.05, 0.1) is 0 Å². The first-order valence-corrected chi connectivity index (χ1v) is 15.5. The largest absolute Gasteiger partial charge is 0.612 e. The molecule has 0 aliphatic carbocycles. The van der Waals surface area contributed by atoms with Gasteiger partial charge in [0, 0.05) is 23.3 Å². The van der Waals surface area contributed by atoms with Crippen LogP contribution in [0.15, 0.2) is 131 Å². The molecule has 186 valence electrons. The Balaban J connectivity index is 1.34. The summed E-state index contributed by atoms with van der Waals surface area (Å²) in [5.74, 6) is 0. The zero-order valence-corrected chi connectivity index (χ0v) is 22.8. The normalized spacial score (nSPS) is 13.1. The van der Waals surface area contributed by atoms with Crippen LogP contribution < -0.4 is 0 Å². The molecule has 0 aromatic heterocycles. The van der Waals surface area contributed by atoms with E-state index in [0.29, 0.717) is 0 Å². The fraction of sp³-hybridized carbons (Fsp3) is 0.0588. The molecule has 0 spiro atoms. The van der Waals surface area contributed by atoms with E-state index in [-0.39, 0.29) is 0 Å². The Labute approximate surface area is 229 Å². The third kappa shape index (κ3) is 4.72. The molecule has 6 rings (SSSR count). The van der Waals surface area contributed by atoms with Gasteiger partial charge in [-0.2, -0.15) is 0 Å². The van der Waals surface area contributed by atoms with E-state index >= 15 is 0 Å². The van der Waals surface area contributed by atoms with Crippen LogP contribution in [-0.2, 0) is 22.4 Å². The van der Waals surface area contributed by atoms with Gasteiger partial charge in [-0.15, -0.1) is 0 Å². The molecule has 2 atom stereocenters. The first-order valence-electron chi connectivity index (χ1n) is 12.4. The summed E-state index contributed by atoms with van der Waals surface area (Å²) < 4.78 is 25.1. The van der Waals surface area contributed by atoms with E-state index in [1.807, 2.05) is 36.4 Å². The van der Waals surface area contributed by atoms with Crippen molar-refractivity contribution >= 4 is 43.9 Å². The van der Waals surface area contributed by atoms with Gasteiger partial charge in [-0.25, -0.2) is 0 Å². The summed E-state index contributed by atoms with van der Waals surface area (Å²) in [4.78, 5) is 1.70. The standard InChI is InChI=1S/C34H26O2S2/c1-37(35)33-21-29-9-5-3-7-27(29)19-31(33)25-15-11-23(12-16-25)24-13-17-26(18-14-24)32-20-28-8-4-6-10-30(28)22-34(32)38(2)36/h3-22H,1-2H3. The lowest BCUT2D eigenvalue weighted by Gasteiger charge is -2.14. The molecule has 6 aromatic rings. The van der Waals surface area contributed by atoms with Crippen molar-refractivity contribution in [2.75, 3.05) is 12.5 Å². The zero-order chi connectivity index (χ0) is 26.2. The van der Waals surface area contributed by atoms with Crippen molar-refractivity contribution in [2.24, 2.45) is 0 Å². The van der Waals surface area contributed by atoms with Crippen LogP contribution in [0.1, 0.15) is 0 Å². The molecule has 0 fully saturated rings. The summed E-state index contributed by atoms with van der Waals surface area (Å²) in [6, 6.07) is 41.6. The van der Waals surface area contributed by atoms with Gasteiger partial charge in [0.2, 0.25) is 0 Å². The third-order valence-corrected chi connectivity index (χ3v) is 8.95. The molecule has 0 saturated heterocycles. The van der Waals surface area contributed by atoms with Crippen molar-refractivity contribution in [3.63, 3.8) is 0 Å². The van der Waals surface area contributed by atoms with Gasteiger partial charge < -0.3 is 9.11 Å². The molecule has 2 unspecified atom stereocenters. The first-order chi connectivity index (χ1) is 18.5. The molecule has 4 heteroatoms. The van der Waals surface area contributed by atoms with Gasteiger partial charge >= 0.3 is 0 Å². The molecule has 0 N–H and O–H groups in total. The monoisotopic (exact) mass is 530 g/mol. The van der Waals surface area contributed by atoms with Crippen LogP contribution in [0.2, 0.25) is 0 Å². The second-order valence-corrected chi connectivity index (χ2v) is 12.2. The number of rotatable bonds is 5. The minimum atomic E-state index is -1.10. The Kier molecular flexibility index (Phi) is 6.73. The molecule has 0 heterocycles. The second-order valence-electron chi connectivity index (χ2n) is 9.45. The molecule has 38 heavy (non-hydrogen) atoms.